The molecule has 1 rings (SSSR count). The summed E-state index contributed by atoms with van der Waals surface area (Å²) in [4.78, 5) is 28.5. The fourth-order valence-corrected chi connectivity index (χ4v) is 1.54. The zero-order valence-electron chi connectivity index (χ0n) is 11.2. The Kier molecular flexibility index (Phi) is 6.52. The molecular formula is C13H18N2O4. The van der Waals surface area contributed by atoms with E-state index >= 15 is 0 Å². The molecule has 0 bridgehead atoms. The van der Waals surface area contributed by atoms with Gasteiger partial charge in [0.05, 0.1) is 13.5 Å². The van der Waals surface area contributed by atoms with Crippen LogP contribution in [0.25, 0.3) is 0 Å². The van der Waals surface area contributed by atoms with Crippen LogP contribution >= 0.6 is 0 Å². The van der Waals surface area contributed by atoms with Crippen molar-refractivity contribution in [1.82, 2.24) is 9.88 Å². The van der Waals surface area contributed by atoms with E-state index in [0.29, 0.717) is 13.1 Å². The average molecular weight is 266 g/mol. The quantitative estimate of drug-likeness (QED) is 0.677. The van der Waals surface area contributed by atoms with Gasteiger partial charge in [0.1, 0.15) is 6.61 Å². The standard InChI is InChI=1S/C13H18N2O4/c1-18-10-12(16)15(8-5-13(17)19-2)9-11-3-6-14-7-4-11/h3-4,6-7H,5,8-10H2,1-2H3. The van der Waals surface area contributed by atoms with Gasteiger partial charge in [-0.1, -0.05) is 0 Å². The Labute approximate surface area is 112 Å². The number of aromatic nitrogens is 1. The lowest BCUT2D eigenvalue weighted by molar-refractivity contribution is -0.142. The van der Waals surface area contributed by atoms with Crippen molar-refractivity contribution < 1.29 is 19.1 Å². The summed E-state index contributed by atoms with van der Waals surface area (Å²) in [6.45, 7) is 0.713. The van der Waals surface area contributed by atoms with Crippen LogP contribution in [0.4, 0.5) is 0 Å². The van der Waals surface area contributed by atoms with Gasteiger partial charge in [-0.3, -0.25) is 14.6 Å². The smallest absolute Gasteiger partial charge is 0.307 e. The molecule has 0 aliphatic heterocycles. The minimum absolute atomic E-state index is 0.00768. The van der Waals surface area contributed by atoms with Crippen LogP contribution in [0.5, 0.6) is 0 Å². The highest BCUT2D eigenvalue weighted by molar-refractivity contribution is 5.78. The number of nitrogens with zero attached hydrogens (tertiary/aromatic N) is 2. The summed E-state index contributed by atoms with van der Waals surface area (Å²) < 4.78 is 9.41. The maximum atomic E-state index is 11.9. The fraction of sp³-hybridized carbons (Fsp3) is 0.462. The molecule has 0 N–H and O–H groups in total. The molecule has 0 unspecified atom stereocenters. The van der Waals surface area contributed by atoms with Crippen LogP contribution < -0.4 is 0 Å². The molecule has 0 aliphatic carbocycles. The molecule has 6 heteroatoms. The van der Waals surface area contributed by atoms with E-state index in [9.17, 15) is 9.59 Å². The highest BCUT2D eigenvalue weighted by Crippen LogP contribution is 2.05. The molecule has 19 heavy (non-hydrogen) atoms. The topological polar surface area (TPSA) is 68.7 Å². The van der Waals surface area contributed by atoms with Crippen LogP contribution in [0.15, 0.2) is 24.5 Å². The summed E-state index contributed by atoms with van der Waals surface area (Å²) >= 11 is 0. The van der Waals surface area contributed by atoms with E-state index in [1.54, 1.807) is 17.3 Å². The molecule has 1 heterocycles. The van der Waals surface area contributed by atoms with Crippen molar-refractivity contribution in [2.75, 3.05) is 27.4 Å². The first-order chi connectivity index (χ1) is 9.17. The number of ether oxygens (including phenoxy) is 2. The van der Waals surface area contributed by atoms with Gasteiger partial charge in [-0.05, 0) is 17.7 Å². The summed E-state index contributed by atoms with van der Waals surface area (Å²) in [6, 6.07) is 3.65. The molecule has 1 aromatic heterocycles. The summed E-state index contributed by atoms with van der Waals surface area (Å²) in [5.74, 6) is -0.506. The third kappa shape index (κ3) is 5.48. The molecule has 0 aromatic carbocycles. The average Bonchev–Trinajstić information content (AvgIpc) is 2.44. The van der Waals surface area contributed by atoms with E-state index in [2.05, 4.69) is 9.72 Å². The van der Waals surface area contributed by atoms with Gasteiger partial charge >= 0.3 is 5.97 Å². The van der Waals surface area contributed by atoms with Crippen molar-refractivity contribution in [3.63, 3.8) is 0 Å². The first-order valence-corrected chi connectivity index (χ1v) is 5.89. The number of hydrogen-bond acceptors (Lipinski definition) is 5. The van der Waals surface area contributed by atoms with Crippen molar-refractivity contribution >= 4 is 11.9 Å². The lowest BCUT2D eigenvalue weighted by Gasteiger charge is -2.22. The van der Waals surface area contributed by atoms with E-state index < -0.39 is 0 Å². The highest BCUT2D eigenvalue weighted by atomic mass is 16.5. The van der Waals surface area contributed by atoms with Gasteiger partial charge in [0, 0.05) is 32.6 Å². The number of amides is 1. The van der Waals surface area contributed by atoms with Crippen molar-refractivity contribution in [2.24, 2.45) is 0 Å². The van der Waals surface area contributed by atoms with Crippen LogP contribution in [0.3, 0.4) is 0 Å². The van der Waals surface area contributed by atoms with Crippen molar-refractivity contribution in [1.29, 1.82) is 0 Å². The van der Waals surface area contributed by atoms with Gasteiger partial charge in [-0.25, -0.2) is 0 Å². The van der Waals surface area contributed by atoms with Crippen molar-refractivity contribution in [3.8, 4) is 0 Å². The second-order valence-electron chi connectivity index (χ2n) is 3.93. The maximum Gasteiger partial charge on any atom is 0.307 e. The van der Waals surface area contributed by atoms with Crippen LogP contribution in [0.1, 0.15) is 12.0 Å². The monoisotopic (exact) mass is 266 g/mol. The van der Waals surface area contributed by atoms with Crippen LogP contribution in [0, 0.1) is 0 Å². The molecule has 1 amide bonds. The second kappa shape index (κ2) is 8.20. The van der Waals surface area contributed by atoms with Gasteiger partial charge < -0.3 is 14.4 Å². The zero-order chi connectivity index (χ0) is 14.1. The zero-order valence-corrected chi connectivity index (χ0v) is 11.2. The number of hydrogen-bond donors (Lipinski definition) is 0. The van der Waals surface area contributed by atoms with Crippen molar-refractivity contribution in [2.45, 2.75) is 13.0 Å². The summed E-state index contributed by atoms with van der Waals surface area (Å²) in [5, 5.41) is 0. The van der Waals surface area contributed by atoms with E-state index in [0.717, 1.165) is 5.56 Å². The van der Waals surface area contributed by atoms with Gasteiger partial charge in [-0.2, -0.15) is 0 Å². The molecule has 0 aliphatic rings. The Morgan fingerprint density at radius 3 is 2.53 bits per heavy atom. The molecular weight excluding hydrogens is 248 g/mol. The highest BCUT2D eigenvalue weighted by Gasteiger charge is 2.15. The first kappa shape index (κ1) is 15.1. The summed E-state index contributed by atoms with van der Waals surface area (Å²) in [5.41, 5.74) is 0.948. The van der Waals surface area contributed by atoms with E-state index in [1.807, 2.05) is 12.1 Å². The SMILES string of the molecule is COCC(=O)N(CCC(=O)OC)Cc1ccncc1. The molecule has 0 saturated carbocycles. The Morgan fingerprint density at radius 1 is 1.26 bits per heavy atom. The first-order valence-electron chi connectivity index (χ1n) is 5.89. The number of esters is 1. The predicted octanol–water partition coefficient (Wildman–Crippen LogP) is 0.620. The predicted molar refractivity (Wildman–Crippen MR) is 68.2 cm³/mol. The maximum absolute atomic E-state index is 11.9. The van der Waals surface area contributed by atoms with Gasteiger partial charge in [0.25, 0.3) is 0 Å². The normalized spacial score (nSPS) is 10.0. The minimum atomic E-state index is -0.343. The van der Waals surface area contributed by atoms with E-state index in [4.69, 9.17) is 4.74 Å². The summed E-state index contributed by atoms with van der Waals surface area (Å²) in [6.07, 6.45) is 3.49. The number of pyridine rings is 1. The number of methoxy groups -OCH3 is 2. The molecule has 6 nitrogen and oxygen atoms in total. The number of rotatable bonds is 7. The fourth-order valence-electron chi connectivity index (χ4n) is 1.54. The lowest BCUT2D eigenvalue weighted by Crippen LogP contribution is -2.35. The lowest BCUT2D eigenvalue weighted by atomic mass is 10.2. The van der Waals surface area contributed by atoms with Gasteiger partial charge in [-0.15, -0.1) is 0 Å². The number of carbonyl (C=O) groups excluding carboxylic acids is 2. The third-order valence-electron chi connectivity index (χ3n) is 2.56. The van der Waals surface area contributed by atoms with Crippen LogP contribution in [0.2, 0.25) is 0 Å². The second-order valence-corrected chi connectivity index (χ2v) is 3.93. The Hall–Kier alpha value is -1.95. The molecule has 104 valence electrons. The molecule has 0 radical (unpaired) electrons. The Morgan fingerprint density at radius 2 is 1.95 bits per heavy atom. The third-order valence-corrected chi connectivity index (χ3v) is 2.56. The Bertz CT molecular complexity index is 408. The molecule has 0 spiro atoms. The summed E-state index contributed by atoms with van der Waals surface area (Å²) in [7, 11) is 2.79. The number of carbonyl (C=O) groups is 2. The minimum Gasteiger partial charge on any atom is -0.469 e. The largest absolute Gasteiger partial charge is 0.469 e. The van der Waals surface area contributed by atoms with Crippen LogP contribution in [-0.2, 0) is 25.6 Å². The molecule has 0 fully saturated rings. The molecule has 0 atom stereocenters. The van der Waals surface area contributed by atoms with Crippen LogP contribution in [-0.4, -0.2) is 49.1 Å². The van der Waals surface area contributed by atoms with E-state index in [-0.39, 0.29) is 24.9 Å². The molecule has 1 aromatic rings. The van der Waals surface area contributed by atoms with Crippen molar-refractivity contribution in [3.05, 3.63) is 30.1 Å². The molecule has 0 saturated heterocycles. The van der Waals surface area contributed by atoms with Gasteiger partial charge in [0.15, 0.2) is 0 Å². The van der Waals surface area contributed by atoms with E-state index in [1.165, 1.54) is 14.2 Å². The Balaban J connectivity index is 2.63. The van der Waals surface area contributed by atoms with Gasteiger partial charge in [0.2, 0.25) is 5.91 Å².